The number of alkyl halides is 3. The van der Waals surface area contributed by atoms with Crippen molar-refractivity contribution in [2.24, 2.45) is 0 Å². The number of carbonyl (C=O) groups is 2. The highest BCUT2D eigenvalue weighted by molar-refractivity contribution is 6.30. The van der Waals surface area contributed by atoms with Crippen molar-refractivity contribution < 1.29 is 32.2 Å². The van der Waals surface area contributed by atoms with Crippen LogP contribution >= 0.6 is 11.6 Å². The van der Waals surface area contributed by atoms with Crippen LogP contribution in [0.2, 0.25) is 5.02 Å². The maximum Gasteiger partial charge on any atom is 0.573 e. The molecule has 0 saturated carbocycles. The molecule has 0 amide bonds. The summed E-state index contributed by atoms with van der Waals surface area (Å²) in [6, 6.07) is 18.6. The van der Waals surface area contributed by atoms with Gasteiger partial charge < -0.3 is 14.3 Å². The van der Waals surface area contributed by atoms with E-state index in [0.29, 0.717) is 22.4 Å². The number of Topliss-reactive ketones (excluding diaryl/α,β-unsaturated/α-hetero) is 1. The lowest BCUT2D eigenvalue weighted by Gasteiger charge is -2.35. The van der Waals surface area contributed by atoms with Gasteiger partial charge in [0.15, 0.2) is 0 Å². The van der Waals surface area contributed by atoms with E-state index in [2.05, 4.69) is 4.74 Å². The minimum atomic E-state index is -4.89. The average Bonchev–Trinajstić information content (AvgIpc) is 3.04. The normalized spacial score (nSPS) is 18.6. The number of fused-ring (bicyclic) bond motifs is 1. The van der Waals surface area contributed by atoms with E-state index in [0.717, 1.165) is 12.1 Å². The minimum Gasteiger partial charge on any atom is -0.473 e. The second-order valence-corrected chi connectivity index (χ2v) is 7.68. The Hall–Kier alpha value is -3.32. The van der Waals surface area contributed by atoms with Crippen LogP contribution in [0.25, 0.3) is 0 Å². The van der Waals surface area contributed by atoms with Crippen molar-refractivity contribution in [1.82, 2.24) is 0 Å². The molecule has 0 spiro atoms. The lowest BCUT2D eigenvalue weighted by molar-refractivity contribution is -0.274. The van der Waals surface area contributed by atoms with Crippen LogP contribution < -0.4 is 9.47 Å². The van der Waals surface area contributed by atoms with Crippen LogP contribution in [0.3, 0.4) is 0 Å². The molecule has 32 heavy (non-hydrogen) atoms. The Morgan fingerprint density at radius 2 is 1.72 bits per heavy atom. The predicted octanol–water partition coefficient (Wildman–Crippen LogP) is 6.08. The fraction of sp³-hybridized carbons (Fsp3) is 0.167. The summed E-state index contributed by atoms with van der Waals surface area (Å²) in [5.74, 6) is -1.78. The molecule has 0 saturated heterocycles. The molecule has 0 aliphatic carbocycles. The Morgan fingerprint density at radius 1 is 1.03 bits per heavy atom. The van der Waals surface area contributed by atoms with Crippen molar-refractivity contribution in [3.05, 3.63) is 94.5 Å². The monoisotopic (exact) mass is 460 g/mol. The highest BCUT2D eigenvalue weighted by Gasteiger charge is 2.55. The third-order valence-electron chi connectivity index (χ3n) is 5.34. The minimum absolute atomic E-state index is 0.0569. The first-order valence-corrected chi connectivity index (χ1v) is 10.0. The van der Waals surface area contributed by atoms with E-state index >= 15 is 0 Å². The molecule has 0 radical (unpaired) electrons. The predicted molar refractivity (Wildman–Crippen MR) is 111 cm³/mol. The van der Waals surface area contributed by atoms with E-state index in [1.54, 1.807) is 54.6 Å². The van der Waals surface area contributed by atoms with E-state index in [1.807, 2.05) is 0 Å². The Bertz CT molecular complexity index is 1150. The number of rotatable bonds is 6. The molecular weight excluding hydrogens is 445 g/mol. The molecular formula is C24H16ClF3O4. The largest absolute Gasteiger partial charge is 0.573 e. The molecule has 1 aliphatic rings. The molecule has 0 N–H and O–H groups in total. The van der Waals surface area contributed by atoms with E-state index in [4.69, 9.17) is 16.3 Å². The molecule has 0 unspecified atom stereocenters. The molecule has 164 valence electrons. The van der Waals surface area contributed by atoms with Gasteiger partial charge in [0.2, 0.25) is 11.4 Å². The molecule has 0 fully saturated rings. The first-order valence-electron chi connectivity index (χ1n) is 9.63. The molecule has 3 aromatic carbocycles. The summed E-state index contributed by atoms with van der Waals surface area (Å²) in [5, 5.41) is 0.430. The Balaban J connectivity index is 1.89. The summed E-state index contributed by atoms with van der Waals surface area (Å²) < 4.78 is 48.2. The lowest BCUT2D eigenvalue weighted by Crippen LogP contribution is -2.43. The third kappa shape index (κ3) is 3.96. The van der Waals surface area contributed by atoms with Gasteiger partial charge in [0, 0.05) is 29.0 Å². The Labute approximate surface area is 186 Å². The van der Waals surface area contributed by atoms with Crippen LogP contribution in [0.1, 0.15) is 33.8 Å². The molecule has 1 heterocycles. The number of ether oxygens (including phenoxy) is 2. The first-order chi connectivity index (χ1) is 15.2. The van der Waals surface area contributed by atoms with Crippen molar-refractivity contribution in [1.29, 1.82) is 0 Å². The van der Waals surface area contributed by atoms with Gasteiger partial charge in [-0.3, -0.25) is 4.79 Å². The Kier molecular flexibility index (Phi) is 5.69. The topological polar surface area (TPSA) is 52.6 Å². The van der Waals surface area contributed by atoms with E-state index in [9.17, 15) is 22.8 Å². The fourth-order valence-electron chi connectivity index (χ4n) is 4.03. The molecule has 8 heteroatoms. The van der Waals surface area contributed by atoms with Crippen LogP contribution in [0.4, 0.5) is 13.2 Å². The SMILES string of the molecule is O=CC[C@@H](c1ccccc1)[C@]1(c2ccc(Cl)cc2)Oc2cc(OC(F)(F)F)ccc2C1=O. The van der Waals surface area contributed by atoms with Crippen LogP contribution in [-0.4, -0.2) is 18.4 Å². The van der Waals surface area contributed by atoms with Crippen molar-refractivity contribution in [2.75, 3.05) is 0 Å². The molecule has 0 bridgehead atoms. The summed E-state index contributed by atoms with van der Waals surface area (Å²) in [5.41, 5.74) is -0.479. The van der Waals surface area contributed by atoms with Crippen molar-refractivity contribution >= 4 is 23.7 Å². The van der Waals surface area contributed by atoms with Crippen molar-refractivity contribution in [3.63, 3.8) is 0 Å². The first kappa shape index (κ1) is 21.9. The molecule has 0 aromatic heterocycles. The highest BCUT2D eigenvalue weighted by atomic mass is 35.5. The lowest BCUT2D eigenvalue weighted by atomic mass is 9.72. The zero-order valence-electron chi connectivity index (χ0n) is 16.4. The summed E-state index contributed by atoms with van der Waals surface area (Å²) in [6.45, 7) is 0. The molecule has 4 rings (SSSR count). The second kappa shape index (κ2) is 8.31. The summed E-state index contributed by atoms with van der Waals surface area (Å²) in [6.07, 6.45) is -4.26. The fourth-order valence-corrected chi connectivity index (χ4v) is 4.15. The van der Waals surface area contributed by atoms with E-state index in [1.165, 1.54) is 6.07 Å². The average molecular weight is 461 g/mol. The summed E-state index contributed by atoms with van der Waals surface area (Å²) in [4.78, 5) is 25.4. The number of carbonyl (C=O) groups excluding carboxylic acids is 2. The third-order valence-corrected chi connectivity index (χ3v) is 5.59. The van der Waals surface area contributed by atoms with Crippen LogP contribution in [0.15, 0.2) is 72.8 Å². The maximum absolute atomic E-state index is 13.8. The van der Waals surface area contributed by atoms with Crippen LogP contribution in [-0.2, 0) is 10.4 Å². The van der Waals surface area contributed by atoms with Gasteiger partial charge in [-0.15, -0.1) is 13.2 Å². The van der Waals surface area contributed by atoms with E-state index in [-0.39, 0.29) is 17.7 Å². The number of aldehydes is 1. The zero-order valence-corrected chi connectivity index (χ0v) is 17.2. The quantitative estimate of drug-likeness (QED) is 0.418. The summed E-state index contributed by atoms with van der Waals surface area (Å²) >= 11 is 6.02. The molecule has 1 aliphatic heterocycles. The smallest absolute Gasteiger partial charge is 0.473 e. The highest BCUT2D eigenvalue weighted by Crippen LogP contribution is 2.51. The second-order valence-electron chi connectivity index (χ2n) is 7.25. The van der Waals surface area contributed by atoms with Gasteiger partial charge in [0.1, 0.15) is 17.8 Å². The van der Waals surface area contributed by atoms with Crippen molar-refractivity contribution in [2.45, 2.75) is 24.3 Å². The zero-order chi connectivity index (χ0) is 22.9. The molecule has 4 nitrogen and oxygen atoms in total. The standard InChI is InChI=1S/C24H16ClF3O4/c25-17-8-6-16(7-9-17)23(20(12-13-29)15-4-2-1-3-5-15)22(30)19-11-10-18(14-21(19)32-23)31-24(26,27)28/h1-11,13-14,20H,12H2/t20-,23-/m0/s1. The number of hydrogen-bond donors (Lipinski definition) is 0. The van der Waals surface area contributed by atoms with Gasteiger partial charge in [-0.1, -0.05) is 54.1 Å². The van der Waals surface area contributed by atoms with Gasteiger partial charge >= 0.3 is 6.36 Å². The van der Waals surface area contributed by atoms with Crippen LogP contribution in [0.5, 0.6) is 11.5 Å². The number of hydrogen-bond acceptors (Lipinski definition) is 4. The number of halogens is 4. The van der Waals surface area contributed by atoms with Gasteiger partial charge in [0.25, 0.3) is 0 Å². The van der Waals surface area contributed by atoms with Gasteiger partial charge in [-0.25, -0.2) is 0 Å². The van der Waals surface area contributed by atoms with Crippen LogP contribution in [0, 0.1) is 0 Å². The Morgan fingerprint density at radius 3 is 2.34 bits per heavy atom. The van der Waals surface area contributed by atoms with Gasteiger partial charge in [-0.2, -0.15) is 0 Å². The van der Waals surface area contributed by atoms with Gasteiger partial charge in [0.05, 0.1) is 5.56 Å². The van der Waals surface area contributed by atoms with E-state index < -0.39 is 29.4 Å². The van der Waals surface area contributed by atoms with Gasteiger partial charge in [-0.05, 0) is 29.8 Å². The maximum atomic E-state index is 13.8. The number of benzene rings is 3. The number of ketones is 1. The molecule has 3 aromatic rings. The molecule has 2 atom stereocenters. The van der Waals surface area contributed by atoms with Crippen molar-refractivity contribution in [3.8, 4) is 11.5 Å². The summed E-state index contributed by atoms with van der Waals surface area (Å²) in [7, 11) is 0.